The molecule has 0 unspecified atom stereocenters. The summed E-state index contributed by atoms with van der Waals surface area (Å²) in [4.78, 5) is 23.2. The van der Waals surface area contributed by atoms with Gasteiger partial charge in [-0.1, -0.05) is 0 Å². The SMILES string of the molecule is CCNC(=O)c1c(F)c(F)c(OC(=O)c2cc(C)[nH]n2)c(F)c1F. The first-order valence-corrected chi connectivity index (χ1v) is 6.66. The van der Waals surface area contributed by atoms with Crippen LogP contribution in [0.1, 0.15) is 33.5 Å². The van der Waals surface area contributed by atoms with Gasteiger partial charge in [0.1, 0.15) is 5.56 Å². The Hall–Kier alpha value is -2.91. The van der Waals surface area contributed by atoms with Gasteiger partial charge in [0.2, 0.25) is 17.4 Å². The number of rotatable bonds is 4. The van der Waals surface area contributed by atoms with Gasteiger partial charge >= 0.3 is 5.97 Å². The number of nitrogens with one attached hydrogen (secondary N) is 2. The smallest absolute Gasteiger partial charge is 0.364 e. The average Bonchev–Trinajstić information content (AvgIpc) is 2.96. The molecule has 0 atom stereocenters. The Morgan fingerprint density at radius 3 is 2.21 bits per heavy atom. The molecule has 1 aromatic carbocycles. The first-order chi connectivity index (χ1) is 11.3. The van der Waals surface area contributed by atoms with Crippen LogP contribution in [0.5, 0.6) is 5.75 Å². The zero-order chi connectivity index (χ0) is 18.0. The number of aryl methyl sites for hydroxylation is 1. The van der Waals surface area contributed by atoms with Crippen molar-refractivity contribution in [1.82, 2.24) is 15.5 Å². The highest BCUT2D eigenvalue weighted by Crippen LogP contribution is 2.30. The van der Waals surface area contributed by atoms with Gasteiger partial charge < -0.3 is 10.1 Å². The number of benzene rings is 1. The van der Waals surface area contributed by atoms with E-state index in [1.165, 1.54) is 13.0 Å². The average molecular weight is 345 g/mol. The number of esters is 1. The fourth-order valence-corrected chi connectivity index (χ4v) is 1.82. The molecule has 1 heterocycles. The Morgan fingerprint density at radius 1 is 1.17 bits per heavy atom. The van der Waals surface area contributed by atoms with Crippen LogP contribution < -0.4 is 10.1 Å². The first kappa shape index (κ1) is 17.4. The molecule has 10 heteroatoms. The van der Waals surface area contributed by atoms with E-state index in [0.717, 1.165) is 0 Å². The second-order valence-corrected chi connectivity index (χ2v) is 4.65. The maximum atomic E-state index is 13.9. The summed E-state index contributed by atoms with van der Waals surface area (Å²) < 4.78 is 59.9. The summed E-state index contributed by atoms with van der Waals surface area (Å²) in [5.74, 6) is -12.2. The molecule has 2 N–H and O–H groups in total. The lowest BCUT2D eigenvalue weighted by Crippen LogP contribution is -2.26. The van der Waals surface area contributed by atoms with Crippen molar-refractivity contribution in [2.75, 3.05) is 6.54 Å². The van der Waals surface area contributed by atoms with Crippen LogP contribution in [0.4, 0.5) is 17.6 Å². The molecular formula is C14H11F4N3O3. The third-order valence-electron chi connectivity index (χ3n) is 2.90. The van der Waals surface area contributed by atoms with Crippen LogP contribution in [0, 0.1) is 30.2 Å². The van der Waals surface area contributed by atoms with Gasteiger partial charge in [0.15, 0.2) is 17.3 Å². The molecule has 0 saturated carbocycles. The van der Waals surface area contributed by atoms with E-state index in [1.807, 2.05) is 5.32 Å². The minimum Gasteiger partial charge on any atom is -0.415 e. The van der Waals surface area contributed by atoms with E-state index < -0.39 is 46.5 Å². The summed E-state index contributed by atoms with van der Waals surface area (Å²) >= 11 is 0. The highest BCUT2D eigenvalue weighted by atomic mass is 19.2. The topological polar surface area (TPSA) is 84.1 Å². The van der Waals surface area contributed by atoms with Crippen LogP contribution >= 0.6 is 0 Å². The van der Waals surface area contributed by atoms with Crippen LogP contribution in [-0.4, -0.2) is 28.6 Å². The predicted octanol–water partition coefficient (Wildman–Crippen LogP) is 2.24. The number of hydrogen-bond acceptors (Lipinski definition) is 4. The molecule has 0 aliphatic rings. The highest BCUT2D eigenvalue weighted by Gasteiger charge is 2.31. The number of aromatic nitrogens is 2. The number of amides is 1. The first-order valence-electron chi connectivity index (χ1n) is 6.66. The van der Waals surface area contributed by atoms with Crippen LogP contribution in [-0.2, 0) is 0 Å². The van der Waals surface area contributed by atoms with Crippen molar-refractivity contribution in [3.05, 3.63) is 46.3 Å². The summed E-state index contributed by atoms with van der Waals surface area (Å²) in [6.07, 6.45) is 0. The highest BCUT2D eigenvalue weighted by molar-refractivity contribution is 5.95. The zero-order valence-corrected chi connectivity index (χ0v) is 12.5. The van der Waals surface area contributed by atoms with Crippen molar-refractivity contribution >= 4 is 11.9 Å². The minimum absolute atomic E-state index is 0.0177. The molecular weight excluding hydrogens is 334 g/mol. The Bertz CT molecular complexity index is 791. The van der Waals surface area contributed by atoms with Gasteiger partial charge in [-0.25, -0.2) is 13.6 Å². The number of H-pyrrole nitrogens is 1. The van der Waals surface area contributed by atoms with Crippen molar-refractivity contribution < 1.29 is 31.9 Å². The Morgan fingerprint density at radius 2 is 1.75 bits per heavy atom. The second kappa shape index (κ2) is 6.69. The van der Waals surface area contributed by atoms with Crippen molar-refractivity contribution in [3.8, 4) is 5.75 Å². The molecule has 1 amide bonds. The maximum absolute atomic E-state index is 13.9. The van der Waals surface area contributed by atoms with Crippen molar-refractivity contribution in [2.45, 2.75) is 13.8 Å². The third kappa shape index (κ3) is 3.07. The molecule has 0 aliphatic heterocycles. The monoisotopic (exact) mass is 345 g/mol. The van der Waals surface area contributed by atoms with Gasteiger partial charge in [0.25, 0.3) is 5.91 Å². The molecule has 2 aromatic rings. The second-order valence-electron chi connectivity index (χ2n) is 4.65. The number of aromatic amines is 1. The Kier molecular flexibility index (Phi) is 4.86. The van der Waals surface area contributed by atoms with Gasteiger partial charge in [-0.3, -0.25) is 9.89 Å². The zero-order valence-electron chi connectivity index (χ0n) is 12.5. The molecule has 0 saturated heterocycles. The minimum atomic E-state index is -2.00. The van der Waals surface area contributed by atoms with Crippen molar-refractivity contribution in [3.63, 3.8) is 0 Å². The number of carbonyl (C=O) groups is 2. The predicted molar refractivity (Wildman–Crippen MR) is 72.6 cm³/mol. The lowest BCUT2D eigenvalue weighted by atomic mass is 10.1. The van der Waals surface area contributed by atoms with E-state index in [1.54, 1.807) is 6.92 Å². The molecule has 0 fully saturated rings. The fraction of sp³-hybridized carbons (Fsp3) is 0.214. The molecule has 24 heavy (non-hydrogen) atoms. The van der Waals surface area contributed by atoms with Gasteiger partial charge in [0, 0.05) is 12.2 Å². The summed E-state index contributed by atoms with van der Waals surface area (Å²) in [5.41, 5.74) is -1.34. The molecule has 6 nitrogen and oxygen atoms in total. The maximum Gasteiger partial charge on any atom is 0.364 e. The van der Waals surface area contributed by atoms with E-state index in [9.17, 15) is 27.2 Å². The van der Waals surface area contributed by atoms with Gasteiger partial charge in [-0.2, -0.15) is 13.9 Å². The number of ether oxygens (including phenoxy) is 1. The van der Waals surface area contributed by atoms with Crippen LogP contribution in [0.3, 0.4) is 0 Å². The third-order valence-corrected chi connectivity index (χ3v) is 2.90. The quantitative estimate of drug-likeness (QED) is 0.385. The van der Waals surface area contributed by atoms with E-state index in [2.05, 4.69) is 14.9 Å². The van der Waals surface area contributed by atoms with Crippen molar-refractivity contribution in [1.29, 1.82) is 0 Å². The van der Waals surface area contributed by atoms with Crippen molar-refractivity contribution in [2.24, 2.45) is 0 Å². The summed E-state index contributed by atoms with van der Waals surface area (Å²) in [5, 5.41) is 7.89. The number of hydrogen-bond donors (Lipinski definition) is 2. The largest absolute Gasteiger partial charge is 0.415 e. The lowest BCUT2D eigenvalue weighted by molar-refractivity contribution is 0.0711. The Balaban J connectivity index is 2.45. The standard InChI is InChI=1S/C14H11F4N3O3/c1-3-19-13(22)7-8(15)10(17)12(11(18)9(7)16)24-14(23)6-4-5(2)20-21-6/h4H,3H2,1-2H3,(H,19,22)(H,20,21). The van der Waals surface area contributed by atoms with Crippen LogP contribution in [0.2, 0.25) is 0 Å². The fourth-order valence-electron chi connectivity index (χ4n) is 1.82. The Labute approximate surface area is 132 Å². The van der Waals surface area contributed by atoms with Crippen LogP contribution in [0.25, 0.3) is 0 Å². The summed E-state index contributed by atoms with van der Waals surface area (Å²) in [7, 11) is 0. The molecule has 0 radical (unpaired) electrons. The number of halogens is 4. The summed E-state index contributed by atoms with van der Waals surface area (Å²) in [6, 6.07) is 1.20. The van der Waals surface area contributed by atoms with E-state index >= 15 is 0 Å². The van der Waals surface area contributed by atoms with Gasteiger partial charge in [0.05, 0.1) is 0 Å². The van der Waals surface area contributed by atoms with E-state index in [4.69, 9.17) is 0 Å². The normalized spacial score (nSPS) is 10.6. The number of nitrogens with zero attached hydrogens (tertiary/aromatic N) is 1. The molecule has 0 spiro atoms. The lowest BCUT2D eigenvalue weighted by Gasteiger charge is -2.11. The molecule has 2 rings (SSSR count). The summed E-state index contributed by atoms with van der Waals surface area (Å²) in [6.45, 7) is 2.98. The number of carbonyl (C=O) groups excluding carboxylic acids is 2. The van der Waals surface area contributed by atoms with Gasteiger partial charge in [-0.15, -0.1) is 0 Å². The molecule has 0 bridgehead atoms. The van der Waals surface area contributed by atoms with E-state index in [-0.39, 0.29) is 12.2 Å². The van der Waals surface area contributed by atoms with Crippen LogP contribution in [0.15, 0.2) is 6.07 Å². The molecule has 0 aliphatic carbocycles. The van der Waals surface area contributed by atoms with E-state index in [0.29, 0.717) is 5.69 Å². The molecule has 128 valence electrons. The van der Waals surface area contributed by atoms with Gasteiger partial charge in [-0.05, 0) is 19.9 Å². The molecule has 1 aromatic heterocycles.